The lowest BCUT2D eigenvalue weighted by atomic mass is 10.1. The summed E-state index contributed by atoms with van der Waals surface area (Å²) in [6.45, 7) is 7.47. The zero-order valence-corrected chi connectivity index (χ0v) is 12.2. The van der Waals surface area contributed by atoms with Crippen LogP contribution in [0.3, 0.4) is 0 Å². The monoisotopic (exact) mass is 258 g/mol. The Morgan fingerprint density at radius 3 is 2.71 bits per heavy atom. The topological polar surface area (TPSA) is 32.3 Å². The van der Waals surface area contributed by atoms with Crippen molar-refractivity contribution in [2.75, 3.05) is 32.4 Å². The van der Waals surface area contributed by atoms with Crippen LogP contribution in [0.2, 0.25) is 0 Å². The van der Waals surface area contributed by atoms with Gasteiger partial charge in [-0.3, -0.25) is 4.79 Å². The molecular formula is C13H26N2OS. The second kappa shape index (κ2) is 7.98. The molecule has 0 bridgehead atoms. The molecule has 0 aromatic heterocycles. The molecule has 4 heteroatoms. The Hall–Kier alpha value is -0.220. The van der Waals surface area contributed by atoms with E-state index >= 15 is 0 Å². The quantitative estimate of drug-likeness (QED) is 0.790. The molecule has 1 aliphatic rings. The van der Waals surface area contributed by atoms with Crippen LogP contribution < -0.4 is 5.32 Å². The third-order valence-electron chi connectivity index (χ3n) is 3.44. The maximum atomic E-state index is 11.9. The van der Waals surface area contributed by atoms with Crippen molar-refractivity contribution >= 4 is 17.7 Å². The molecule has 17 heavy (non-hydrogen) atoms. The number of hydrogen-bond donors (Lipinski definition) is 1. The second-order valence-electron chi connectivity index (χ2n) is 5.05. The summed E-state index contributed by atoms with van der Waals surface area (Å²) in [5.74, 6) is 1.54. The summed E-state index contributed by atoms with van der Waals surface area (Å²) in [6, 6.07) is 0. The van der Waals surface area contributed by atoms with Gasteiger partial charge in [0.1, 0.15) is 0 Å². The molecule has 1 atom stereocenters. The molecule has 1 N–H and O–H groups in total. The molecule has 0 aromatic rings. The van der Waals surface area contributed by atoms with Gasteiger partial charge in [-0.15, -0.1) is 11.8 Å². The Morgan fingerprint density at radius 1 is 1.47 bits per heavy atom. The molecule has 1 rings (SSSR count). The highest BCUT2D eigenvalue weighted by Crippen LogP contribution is 2.20. The number of carbonyl (C=O) groups is 1. The number of nitrogens with zero attached hydrogens (tertiary/aromatic N) is 1. The minimum Gasteiger partial charge on any atom is -0.345 e. The van der Waals surface area contributed by atoms with Crippen molar-refractivity contribution in [3.8, 4) is 0 Å². The van der Waals surface area contributed by atoms with Crippen LogP contribution in [0.5, 0.6) is 0 Å². The number of piperidine rings is 1. The minimum absolute atomic E-state index is 0.286. The Balaban J connectivity index is 2.18. The average molecular weight is 258 g/mol. The van der Waals surface area contributed by atoms with E-state index < -0.39 is 0 Å². The predicted molar refractivity (Wildman–Crippen MR) is 75.4 cm³/mol. The van der Waals surface area contributed by atoms with Crippen LogP contribution in [-0.2, 0) is 4.79 Å². The summed E-state index contributed by atoms with van der Waals surface area (Å²) in [5.41, 5.74) is 0. The molecule has 1 amide bonds. The minimum atomic E-state index is 0.286. The largest absolute Gasteiger partial charge is 0.345 e. The van der Waals surface area contributed by atoms with Gasteiger partial charge in [-0.2, -0.15) is 0 Å². The molecule has 1 unspecified atom stereocenters. The van der Waals surface area contributed by atoms with Crippen molar-refractivity contribution in [3.63, 3.8) is 0 Å². The Labute approximate surface area is 110 Å². The van der Waals surface area contributed by atoms with Crippen molar-refractivity contribution in [2.24, 2.45) is 5.92 Å². The lowest BCUT2D eigenvalue weighted by Crippen LogP contribution is -2.34. The summed E-state index contributed by atoms with van der Waals surface area (Å²) in [5, 5.41) is 4.03. The lowest BCUT2D eigenvalue weighted by Gasteiger charge is -2.24. The van der Waals surface area contributed by atoms with Crippen LogP contribution in [0.15, 0.2) is 0 Å². The molecule has 1 saturated heterocycles. The van der Waals surface area contributed by atoms with Crippen molar-refractivity contribution in [1.29, 1.82) is 0 Å². The lowest BCUT2D eigenvalue weighted by molar-refractivity contribution is -0.127. The first kappa shape index (κ1) is 14.8. The van der Waals surface area contributed by atoms with Gasteiger partial charge in [0.05, 0.1) is 5.75 Å². The van der Waals surface area contributed by atoms with Gasteiger partial charge in [-0.05, 0) is 31.8 Å². The number of hydrogen-bond acceptors (Lipinski definition) is 3. The van der Waals surface area contributed by atoms with Crippen LogP contribution in [0.25, 0.3) is 0 Å². The third-order valence-corrected chi connectivity index (χ3v) is 4.79. The first-order valence-corrected chi connectivity index (χ1v) is 7.74. The third kappa shape index (κ3) is 5.77. The normalized spacial score (nSPS) is 19.0. The Kier molecular flexibility index (Phi) is 6.97. The Morgan fingerprint density at radius 2 is 2.12 bits per heavy atom. The molecular weight excluding hydrogens is 232 g/mol. The van der Waals surface area contributed by atoms with E-state index in [1.807, 2.05) is 23.7 Å². The standard InChI is InChI=1S/C13H26N2OS/c1-4-11(2)9-15(3)13(16)10-17-12-5-7-14-8-6-12/h11-12,14H,4-10H2,1-3H3. The SMILES string of the molecule is CCC(C)CN(C)C(=O)CSC1CCNCC1. The maximum Gasteiger partial charge on any atom is 0.232 e. The highest BCUT2D eigenvalue weighted by Gasteiger charge is 2.17. The summed E-state index contributed by atoms with van der Waals surface area (Å²) in [7, 11) is 1.93. The van der Waals surface area contributed by atoms with Gasteiger partial charge in [-0.1, -0.05) is 20.3 Å². The highest BCUT2D eigenvalue weighted by atomic mass is 32.2. The van der Waals surface area contributed by atoms with E-state index in [2.05, 4.69) is 19.2 Å². The van der Waals surface area contributed by atoms with E-state index in [1.165, 1.54) is 12.8 Å². The van der Waals surface area contributed by atoms with Crippen LogP contribution in [0.4, 0.5) is 0 Å². The molecule has 0 radical (unpaired) electrons. The van der Waals surface area contributed by atoms with Gasteiger partial charge in [0.15, 0.2) is 0 Å². The van der Waals surface area contributed by atoms with Gasteiger partial charge >= 0.3 is 0 Å². The van der Waals surface area contributed by atoms with Crippen molar-refractivity contribution in [1.82, 2.24) is 10.2 Å². The van der Waals surface area contributed by atoms with Crippen molar-refractivity contribution < 1.29 is 4.79 Å². The molecule has 1 aliphatic heterocycles. The summed E-state index contributed by atoms with van der Waals surface area (Å²) >= 11 is 1.84. The summed E-state index contributed by atoms with van der Waals surface area (Å²) in [4.78, 5) is 13.8. The molecule has 0 aromatic carbocycles. The van der Waals surface area contributed by atoms with E-state index in [9.17, 15) is 4.79 Å². The van der Waals surface area contributed by atoms with Crippen LogP contribution in [-0.4, -0.2) is 48.5 Å². The zero-order valence-electron chi connectivity index (χ0n) is 11.4. The second-order valence-corrected chi connectivity index (χ2v) is 6.34. The van der Waals surface area contributed by atoms with Gasteiger partial charge in [0, 0.05) is 18.8 Å². The molecule has 3 nitrogen and oxygen atoms in total. The molecule has 100 valence electrons. The molecule has 1 heterocycles. The van der Waals surface area contributed by atoms with Crippen LogP contribution in [0, 0.1) is 5.92 Å². The molecule has 1 fully saturated rings. The number of nitrogens with one attached hydrogen (secondary N) is 1. The van der Waals surface area contributed by atoms with E-state index in [4.69, 9.17) is 0 Å². The fraction of sp³-hybridized carbons (Fsp3) is 0.923. The number of carbonyl (C=O) groups excluding carboxylic acids is 1. The van der Waals surface area contributed by atoms with Gasteiger partial charge in [-0.25, -0.2) is 0 Å². The average Bonchev–Trinajstić information content (AvgIpc) is 2.36. The smallest absolute Gasteiger partial charge is 0.232 e. The van der Waals surface area contributed by atoms with Gasteiger partial charge in [0.2, 0.25) is 5.91 Å². The predicted octanol–water partition coefficient (Wildman–Crippen LogP) is 1.98. The van der Waals surface area contributed by atoms with Gasteiger partial charge < -0.3 is 10.2 Å². The maximum absolute atomic E-state index is 11.9. The van der Waals surface area contributed by atoms with E-state index in [0.29, 0.717) is 16.9 Å². The Bertz CT molecular complexity index is 229. The van der Waals surface area contributed by atoms with Crippen molar-refractivity contribution in [2.45, 2.75) is 38.4 Å². The van der Waals surface area contributed by atoms with E-state index in [1.54, 1.807) is 0 Å². The number of amides is 1. The molecule has 0 saturated carbocycles. The molecule has 0 aliphatic carbocycles. The van der Waals surface area contributed by atoms with Gasteiger partial charge in [0.25, 0.3) is 0 Å². The fourth-order valence-corrected chi connectivity index (χ4v) is 3.13. The zero-order chi connectivity index (χ0) is 12.7. The first-order valence-electron chi connectivity index (χ1n) is 6.69. The highest BCUT2D eigenvalue weighted by molar-refractivity contribution is 8.00. The fourth-order valence-electron chi connectivity index (χ4n) is 1.96. The molecule has 0 spiro atoms. The first-order chi connectivity index (χ1) is 8.13. The van der Waals surface area contributed by atoms with E-state index in [0.717, 1.165) is 26.1 Å². The van der Waals surface area contributed by atoms with Crippen LogP contribution >= 0.6 is 11.8 Å². The van der Waals surface area contributed by atoms with E-state index in [-0.39, 0.29) is 5.91 Å². The van der Waals surface area contributed by atoms with Crippen LogP contribution in [0.1, 0.15) is 33.1 Å². The van der Waals surface area contributed by atoms with Crippen molar-refractivity contribution in [3.05, 3.63) is 0 Å². The number of thioether (sulfide) groups is 1. The summed E-state index contributed by atoms with van der Waals surface area (Å²) in [6.07, 6.45) is 3.54. The number of rotatable bonds is 6. The summed E-state index contributed by atoms with van der Waals surface area (Å²) < 4.78 is 0.